The van der Waals surface area contributed by atoms with Crippen molar-refractivity contribution in [1.82, 2.24) is 0 Å². The van der Waals surface area contributed by atoms with Crippen LogP contribution in [0.2, 0.25) is 0 Å². The van der Waals surface area contributed by atoms with Gasteiger partial charge in [0, 0.05) is 17.5 Å². The van der Waals surface area contributed by atoms with E-state index >= 15 is 0 Å². The molecule has 0 unspecified atom stereocenters. The summed E-state index contributed by atoms with van der Waals surface area (Å²) in [5.41, 5.74) is 1.23. The number of benzene rings is 3. The van der Waals surface area contributed by atoms with Crippen LogP contribution in [0.15, 0.2) is 66.7 Å². The van der Waals surface area contributed by atoms with Gasteiger partial charge in [0.1, 0.15) is 5.75 Å². The Balaban J connectivity index is 1.93. The molecule has 0 N–H and O–H groups in total. The molecule has 0 spiro atoms. The second-order valence-corrected chi connectivity index (χ2v) is 5.45. The van der Waals surface area contributed by atoms with Gasteiger partial charge in [0.15, 0.2) is 0 Å². The number of carbonyl (C=O) groups excluding carboxylic acids is 1. The lowest BCUT2D eigenvalue weighted by Gasteiger charge is -2.23. The molecule has 0 radical (unpaired) electrons. The van der Waals surface area contributed by atoms with Crippen LogP contribution < -0.4 is 9.64 Å². The monoisotopic (exact) mass is 341 g/mol. The van der Waals surface area contributed by atoms with Gasteiger partial charge in [-0.1, -0.05) is 36.4 Å². The lowest BCUT2D eigenvalue weighted by atomic mass is 10.1. The van der Waals surface area contributed by atoms with Gasteiger partial charge >= 0.3 is 6.61 Å². The molecule has 5 heteroatoms. The smallest absolute Gasteiger partial charge is 0.387 e. The van der Waals surface area contributed by atoms with Crippen molar-refractivity contribution in [2.24, 2.45) is 0 Å². The average molecular weight is 341 g/mol. The predicted molar refractivity (Wildman–Crippen MR) is 94.4 cm³/mol. The van der Waals surface area contributed by atoms with E-state index in [0.29, 0.717) is 12.1 Å². The first-order chi connectivity index (χ1) is 12.1. The van der Waals surface area contributed by atoms with E-state index in [-0.39, 0.29) is 11.7 Å². The summed E-state index contributed by atoms with van der Waals surface area (Å²) >= 11 is 0. The summed E-state index contributed by atoms with van der Waals surface area (Å²) in [7, 11) is 0. The number of hydrogen-bond acceptors (Lipinski definition) is 2. The van der Waals surface area contributed by atoms with Crippen molar-refractivity contribution < 1.29 is 18.3 Å². The van der Waals surface area contributed by atoms with Crippen LogP contribution >= 0.6 is 0 Å². The zero-order valence-corrected chi connectivity index (χ0v) is 13.7. The lowest BCUT2D eigenvalue weighted by Crippen LogP contribution is -2.30. The van der Waals surface area contributed by atoms with Gasteiger partial charge in [0.2, 0.25) is 0 Å². The third-order valence-electron chi connectivity index (χ3n) is 3.95. The fourth-order valence-electron chi connectivity index (χ4n) is 2.80. The highest BCUT2D eigenvalue weighted by Crippen LogP contribution is 2.28. The van der Waals surface area contributed by atoms with Gasteiger partial charge in [-0.05, 0) is 42.6 Å². The third-order valence-corrected chi connectivity index (χ3v) is 3.95. The van der Waals surface area contributed by atoms with Gasteiger partial charge in [-0.2, -0.15) is 8.78 Å². The summed E-state index contributed by atoms with van der Waals surface area (Å²) in [6.45, 7) is -0.500. The number of nitrogens with zero attached hydrogens (tertiary/aromatic N) is 1. The molecule has 3 aromatic rings. The van der Waals surface area contributed by atoms with Crippen LogP contribution in [0.25, 0.3) is 10.8 Å². The normalized spacial score (nSPS) is 10.9. The van der Waals surface area contributed by atoms with Crippen molar-refractivity contribution in [1.29, 1.82) is 0 Å². The number of rotatable bonds is 5. The SMILES string of the molecule is CCN(C(=O)c1ccc(OC(F)F)cc1)c1cccc2ccccc12. The maximum atomic E-state index is 12.9. The van der Waals surface area contributed by atoms with E-state index in [1.54, 1.807) is 4.90 Å². The molecule has 3 nitrogen and oxygen atoms in total. The van der Waals surface area contributed by atoms with Gasteiger partial charge in [-0.15, -0.1) is 0 Å². The molecule has 3 aromatic carbocycles. The summed E-state index contributed by atoms with van der Waals surface area (Å²) in [6.07, 6.45) is 0. The van der Waals surface area contributed by atoms with Crippen molar-refractivity contribution in [3.8, 4) is 5.75 Å². The Morgan fingerprint density at radius 2 is 1.68 bits per heavy atom. The Morgan fingerprint density at radius 3 is 2.36 bits per heavy atom. The van der Waals surface area contributed by atoms with Gasteiger partial charge in [0.05, 0.1) is 5.69 Å². The molecule has 128 valence electrons. The zero-order valence-electron chi connectivity index (χ0n) is 13.7. The number of halogens is 2. The minimum atomic E-state index is -2.88. The molecule has 3 rings (SSSR count). The number of hydrogen-bond donors (Lipinski definition) is 0. The van der Waals surface area contributed by atoms with Crippen molar-refractivity contribution in [2.75, 3.05) is 11.4 Å². The largest absolute Gasteiger partial charge is 0.435 e. The molecule has 0 aliphatic carbocycles. The molecule has 0 aliphatic rings. The maximum absolute atomic E-state index is 12.9. The van der Waals surface area contributed by atoms with Gasteiger partial charge in [0.25, 0.3) is 5.91 Å². The molecule has 0 atom stereocenters. The topological polar surface area (TPSA) is 29.5 Å². The van der Waals surface area contributed by atoms with Crippen LogP contribution in [0, 0.1) is 0 Å². The minimum Gasteiger partial charge on any atom is -0.435 e. The van der Waals surface area contributed by atoms with E-state index in [1.807, 2.05) is 49.4 Å². The molecule has 1 amide bonds. The Kier molecular flexibility index (Phi) is 4.93. The van der Waals surface area contributed by atoms with Crippen LogP contribution in [0.4, 0.5) is 14.5 Å². The van der Waals surface area contributed by atoms with Crippen molar-refractivity contribution in [3.05, 3.63) is 72.3 Å². The number of anilines is 1. The Hall–Kier alpha value is -2.95. The van der Waals surface area contributed by atoms with E-state index in [2.05, 4.69) is 4.74 Å². The fraction of sp³-hybridized carbons (Fsp3) is 0.150. The zero-order chi connectivity index (χ0) is 17.8. The van der Waals surface area contributed by atoms with Gasteiger partial charge in [-0.25, -0.2) is 0 Å². The average Bonchev–Trinajstić information content (AvgIpc) is 2.62. The van der Waals surface area contributed by atoms with E-state index < -0.39 is 6.61 Å². The fourth-order valence-corrected chi connectivity index (χ4v) is 2.80. The Bertz CT molecular complexity index is 873. The van der Waals surface area contributed by atoms with Crippen LogP contribution in [-0.4, -0.2) is 19.1 Å². The minimum absolute atomic E-state index is 0.0276. The number of ether oxygens (including phenoxy) is 1. The van der Waals surface area contributed by atoms with Gasteiger partial charge in [-0.3, -0.25) is 4.79 Å². The molecule has 0 fully saturated rings. The first-order valence-corrected chi connectivity index (χ1v) is 7.94. The van der Waals surface area contributed by atoms with E-state index in [9.17, 15) is 13.6 Å². The third kappa shape index (κ3) is 3.60. The second-order valence-electron chi connectivity index (χ2n) is 5.45. The second kappa shape index (κ2) is 7.30. The highest BCUT2D eigenvalue weighted by Gasteiger charge is 2.18. The van der Waals surface area contributed by atoms with Crippen LogP contribution in [0.5, 0.6) is 5.75 Å². The molecular formula is C20H17F2NO2. The molecule has 0 saturated carbocycles. The van der Waals surface area contributed by atoms with Crippen LogP contribution in [0.1, 0.15) is 17.3 Å². The number of fused-ring (bicyclic) bond motifs is 1. The Labute approximate surface area is 144 Å². The van der Waals surface area contributed by atoms with E-state index in [0.717, 1.165) is 16.5 Å². The number of amides is 1. The molecule has 25 heavy (non-hydrogen) atoms. The molecular weight excluding hydrogens is 324 g/mol. The molecule has 0 aliphatic heterocycles. The van der Waals surface area contributed by atoms with Crippen molar-refractivity contribution in [3.63, 3.8) is 0 Å². The van der Waals surface area contributed by atoms with E-state index in [4.69, 9.17) is 0 Å². The summed E-state index contributed by atoms with van der Waals surface area (Å²) < 4.78 is 28.8. The van der Waals surface area contributed by atoms with E-state index in [1.165, 1.54) is 24.3 Å². The highest BCUT2D eigenvalue weighted by atomic mass is 19.3. The maximum Gasteiger partial charge on any atom is 0.387 e. The van der Waals surface area contributed by atoms with Crippen LogP contribution in [0.3, 0.4) is 0 Å². The first kappa shape index (κ1) is 16.9. The number of alkyl halides is 2. The molecule has 0 saturated heterocycles. The molecule has 0 heterocycles. The van der Waals surface area contributed by atoms with Crippen molar-refractivity contribution in [2.45, 2.75) is 13.5 Å². The summed E-state index contributed by atoms with van der Waals surface area (Å²) in [4.78, 5) is 14.6. The first-order valence-electron chi connectivity index (χ1n) is 7.94. The molecule has 0 aromatic heterocycles. The summed E-state index contributed by atoms with van der Waals surface area (Å²) in [5, 5.41) is 2.03. The standard InChI is InChI=1S/C20H17F2NO2/c1-2-23(18-9-5-7-14-6-3-4-8-17(14)18)19(24)15-10-12-16(13-11-15)25-20(21)22/h3-13,20H,2H2,1H3. The lowest BCUT2D eigenvalue weighted by molar-refractivity contribution is -0.0498. The number of carbonyl (C=O) groups is 1. The van der Waals surface area contributed by atoms with Crippen molar-refractivity contribution >= 4 is 22.4 Å². The molecule has 0 bridgehead atoms. The summed E-state index contributed by atoms with van der Waals surface area (Å²) in [6, 6.07) is 19.4. The van der Waals surface area contributed by atoms with Gasteiger partial charge < -0.3 is 9.64 Å². The predicted octanol–water partition coefficient (Wildman–Crippen LogP) is 5.11. The van der Waals surface area contributed by atoms with Crippen LogP contribution in [-0.2, 0) is 0 Å². The quantitative estimate of drug-likeness (QED) is 0.645. The highest BCUT2D eigenvalue weighted by molar-refractivity contribution is 6.10. The summed E-state index contributed by atoms with van der Waals surface area (Å²) in [5.74, 6) is -0.165. The Morgan fingerprint density at radius 1 is 1.00 bits per heavy atom.